The summed E-state index contributed by atoms with van der Waals surface area (Å²) < 4.78 is 0. The minimum Gasteiger partial charge on any atom is -0.398 e. The van der Waals surface area contributed by atoms with E-state index in [4.69, 9.17) is 11.5 Å². The summed E-state index contributed by atoms with van der Waals surface area (Å²) in [4.78, 5) is 0. The van der Waals surface area contributed by atoms with E-state index in [9.17, 15) is 0 Å². The first-order valence-electron chi connectivity index (χ1n) is 6.24. The molecule has 2 rings (SSSR count). The van der Waals surface area contributed by atoms with Crippen molar-refractivity contribution in [3.05, 3.63) is 78.4 Å². The molecule has 0 bridgehead atoms. The molecule has 0 fully saturated rings. The molecule has 0 radical (unpaired) electrons. The first kappa shape index (κ1) is 13.0. The summed E-state index contributed by atoms with van der Waals surface area (Å²) in [5.41, 5.74) is 16.8. The Kier molecular flexibility index (Phi) is 4.04. The predicted molar refractivity (Wildman–Crippen MR) is 83.1 cm³/mol. The van der Waals surface area contributed by atoms with Crippen LogP contribution in [-0.4, -0.2) is 0 Å². The van der Waals surface area contributed by atoms with Gasteiger partial charge in [0.25, 0.3) is 0 Å². The van der Waals surface area contributed by atoms with Crippen molar-refractivity contribution >= 4 is 17.0 Å². The molecule has 0 aromatic heterocycles. The fraction of sp³-hybridized carbons (Fsp3) is 0.0588. The normalized spacial score (nSPS) is 11.8. The number of hydrogen-bond acceptors (Lipinski definition) is 2. The zero-order valence-electron chi connectivity index (χ0n) is 10.8. The van der Waals surface area contributed by atoms with Crippen LogP contribution in [0.1, 0.15) is 17.5 Å². The number of benzene rings is 2. The van der Waals surface area contributed by atoms with Gasteiger partial charge in [-0.1, -0.05) is 54.6 Å². The Morgan fingerprint density at radius 1 is 1.00 bits per heavy atom. The number of rotatable bonds is 4. The lowest BCUT2D eigenvalue weighted by atomic mass is 9.96. The fourth-order valence-electron chi connectivity index (χ4n) is 2.07. The van der Waals surface area contributed by atoms with Gasteiger partial charge in [0.15, 0.2) is 0 Å². The van der Waals surface area contributed by atoms with Crippen LogP contribution in [0.3, 0.4) is 0 Å². The second-order valence-electron chi connectivity index (χ2n) is 4.34. The predicted octanol–water partition coefficient (Wildman–Crippen LogP) is 3.67. The third kappa shape index (κ3) is 2.86. The minimum atomic E-state index is 0.689. The van der Waals surface area contributed by atoms with E-state index < -0.39 is 0 Å². The summed E-state index contributed by atoms with van der Waals surface area (Å²) in [5, 5.41) is 0. The highest BCUT2D eigenvalue weighted by atomic mass is 14.6. The number of anilines is 1. The zero-order chi connectivity index (χ0) is 13.7. The van der Waals surface area contributed by atoms with Crippen LogP contribution < -0.4 is 11.5 Å². The van der Waals surface area contributed by atoms with Crippen molar-refractivity contribution in [1.29, 1.82) is 0 Å². The Morgan fingerprint density at radius 3 is 2.26 bits per heavy atom. The first-order chi connectivity index (χ1) is 9.24. The van der Waals surface area contributed by atoms with Crippen LogP contribution in [0.5, 0.6) is 0 Å². The molecule has 0 amide bonds. The van der Waals surface area contributed by atoms with E-state index in [1.807, 2.05) is 60.7 Å². The van der Waals surface area contributed by atoms with Crippen LogP contribution in [0.15, 0.2) is 67.3 Å². The van der Waals surface area contributed by atoms with Crippen molar-refractivity contribution < 1.29 is 0 Å². The van der Waals surface area contributed by atoms with E-state index in [-0.39, 0.29) is 0 Å². The van der Waals surface area contributed by atoms with Crippen molar-refractivity contribution in [2.45, 2.75) is 6.42 Å². The Bertz CT molecular complexity index is 598. The molecule has 0 unspecified atom stereocenters. The molecular weight excluding hydrogens is 232 g/mol. The summed E-state index contributed by atoms with van der Waals surface area (Å²) >= 11 is 0. The second-order valence-corrected chi connectivity index (χ2v) is 4.34. The maximum atomic E-state index is 6.30. The molecule has 0 saturated heterocycles. The SMILES string of the molecule is C=CCC(=C(N)c1ccccc1)c1ccccc1N. The molecule has 0 saturated carbocycles. The van der Waals surface area contributed by atoms with Gasteiger partial charge in [-0.05, 0) is 23.6 Å². The summed E-state index contributed by atoms with van der Waals surface area (Å²) in [6, 6.07) is 17.7. The quantitative estimate of drug-likeness (QED) is 0.494. The van der Waals surface area contributed by atoms with Gasteiger partial charge < -0.3 is 11.5 Å². The number of allylic oxidation sites excluding steroid dienone is 2. The first-order valence-corrected chi connectivity index (χ1v) is 6.24. The average molecular weight is 250 g/mol. The van der Waals surface area contributed by atoms with E-state index in [1.54, 1.807) is 0 Å². The number of hydrogen-bond donors (Lipinski definition) is 2. The molecule has 0 spiro atoms. The summed E-state index contributed by atoms with van der Waals surface area (Å²) in [5.74, 6) is 0. The third-order valence-corrected chi connectivity index (χ3v) is 3.04. The monoisotopic (exact) mass is 250 g/mol. The molecule has 4 N–H and O–H groups in total. The van der Waals surface area contributed by atoms with Crippen molar-refractivity contribution in [1.82, 2.24) is 0 Å². The molecule has 0 atom stereocenters. The molecule has 2 heteroatoms. The van der Waals surface area contributed by atoms with E-state index in [0.717, 1.165) is 28.1 Å². The highest BCUT2D eigenvalue weighted by Crippen LogP contribution is 2.29. The van der Waals surface area contributed by atoms with Crippen LogP contribution >= 0.6 is 0 Å². The van der Waals surface area contributed by atoms with Crippen molar-refractivity contribution in [2.75, 3.05) is 5.73 Å². The molecular formula is C17H18N2. The standard InChI is InChI=1S/C17H18N2/c1-2-8-15(14-11-6-7-12-16(14)18)17(19)13-9-4-3-5-10-13/h2-7,9-12H,1,8,18-19H2. The third-order valence-electron chi connectivity index (χ3n) is 3.04. The maximum Gasteiger partial charge on any atom is 0.0430 e. The number of nitrogen functional groups attached to an aromatic ring is 1. The van der Waals surface area contributed by atoms with Gasteiger partial charge in [-0.25, -0.2) is 0 Å². The molecule has 2 nitrogen and oxygen atoms in total. The van der Waals surface area contributed by atoms with E-state index in [1.165, 1.54) is 0 Å². The van der Waals surface area contributed by atoms with Crippen molar-refractivity contribution in [2.24, 2.45) is 5.73 Å². The average Bonchev–Trinajstić information content (AvgIpc) is 2.46. The molecule has 0 aliphatic carbocycles. The Balaban J connectivity index is 2.57. The van der Waals surface area contributed by atoms with Gasteiger partial charge in [0, 0.05) is 16.9 Å². The second kappa shape index (κ2) is 5.91. The van der Waals surface area contributed by atoms with Crippen LogP contribution in [-0.2, 0) is 0 Å². The highest BCUT2D eigenvalue weighted by molar-refractivity contribution is 5.92. The highest BCUT2D eigenvalue weighted by Gasteiger charge is 2.09. The van der Waals surface area contributed by atoms with E-state index in [2.05, 4.69) is 6.58 Å². The molecule has 0 aliphatic rings. The van der Waals surface area contributed by atoms with Crippen molar-refractivity contribution in [3.63, 3.8) is 0 Å². The molecule has 2 aromatic rings. The molecule has 2 aromatic carbocycles. The van der Waals surface area contributed by atoms with Crippen LogP contribution in [0.4, 0.5) is 5.69 Å². The van der Waals surface area contributed by atoms with Gasteiger partial charge in [-0.15, -0.1) is 6.58 Å². The Hall–Kier alpha value is -2.48. The van der Waals surface area contributed by atoms with Crippen LogP contribution in [0.25, 0.3) is 11.3 Å². The topological polar surface area (TPSA) is 52.0 Å². The smallest absolute Gasteiger partial charge is 0.0430 e. The van der Waals surface area contributed by atoms with Gasteiger partial charge in [0.2, 0.25) is 0 Å². The molecule has 0 aliphatic heterocycles. The zero-order valence-corrected chi connectivity index (χ0v) is 10.8. The van der Waals surface area contributed by atoms with Crippen molar-refractivity contribution in [3.8, 4) is 0 Å². The van der Waals surface area contributed by atoms with Gasteiger partial charge in [0.05, 0.1) is 0 Å². The molecule has 19 heavy (non-hydrogen) atoms. The number of para-hydroxylation sites is 1. The lowest BCUT2D eigenvalue weighted by molar-refractivity contribution is 1.37. The fourth-order valence-corrected chi connectivity index (χ4v) is 2.07. The summed E-state index contributed by atoms with van der Waals surface area (Å²) in [6.45, 7) is 3.80. The molecule has 96 valence electrons. The van der Waals surface area contributed by atoms with Gasteiger partial charge in [-0.2, -0.15) is 0 Å². The lowest BCUT2D eigenvalue weighted by Crippen LogP contribution is -2.03. The van der Waals surface area contributed by atoms with Gasteiger partial charge in [-0.3, -0.25) is 0 Å². The maximum absolute atomic E-state index is 6.30. The minimum absolute atomic E-state index is 0.689. The Labute approximate surface area is 114 Å². The summed E-state index contributed by atoms with van der Waals surface area (Å²) in [7, 11) is 0. The van der Waals surface area contributed by atoms with Crippen LogP contribution in [0, 0.1) is 0 Å². The van der Waals surface area contributed by atoms with Gasteiger partial charge >= 0.3 is 0 Å². The van der Waals surface area contributed by atoms with Gasteiger partial charge in [0.1, 0.15) is 0 Å². The van der Waals surface area contributed by atoms with Crippen LogP contribution in [0.2, 0.25) is 0 Å². The largest absolute Gasteiger partial charge is 0.398 e. The van der Waals surface area contributed by atoms with E-state index in [0.29, 0.717) is 6.42 Å². The number of nitrogens with two attached hydrogens (primary N) is 2. The Morgan fingerprint density at radius 2 is 1.63 bits per heavy atom. The summed E-state index contributed by atoms with van der Waals surface area (Å²) in [6.07, 6.45) is 2.53. The molecule has 0 heterocycles. The lowest BCUT2D eigenvalue weighted by Gasteiger charge is -2.13. The van der Waals surface area contributed by atoms with E-state index >= 15 is 0 Å².